The summed E-state index contributed by atoms with van der Waals surface area (Å²) in [5.41, 5.74) is 1.48. The third-order valence-corrected chi connectivity index (χ3v) is 4.19. The fourth-order valence-electron chi connectivity index (χ4n) is 2.20. The lowest BCUT2D eigenvalue weighted by molar-refractivity contribution is 0.469. The van der Waals surface area contributed by atoms with Crippen molar-refractivity contribution >= 4 is 23.2 Å². The summed E-state index contributed by atoms with van der Waals surface area (Å²) in [6.07, 6.45) is 0.479. The van der Waals surface area contributed by atoms with Crippen LogP contribution in [0, 0.1) is 18.6 Å². The van der Waals surface area contributed by atoms with Crippen molar-refractivity contribution in [3.8, 4) is 0 Å². The largest absolute Gasteiger partial charge is 0.313 e. The van der Waals surface area contributed by atoms with E-state index in [1.165, 1.54) is 6.92 Å². The topological polar surface area (TPSA) is 12.0 Å². The Hall–Kier alpha value is -1.16. The van der Waals surface area contributed by atoms with E-state index in [0.29, 0.717) is 27.6 Å². The minimum atomic E-state index is -0.811. The highest BCUT2D eigenvalue weighted by molar-refractivity contribution is 6.42. The summed E-state index contributed by atoms with van der Waals surface area (Å²) in [5.74, 6) is -1.61. The number of rotatable bonds is 4. The van der Waals surface area contributed by atoms with Crippen LogP contribution in [0.2, 0.25) is 10.0 Å². The maximum atomic E-state index is 14.1. The average Bonchev–Trinajstić information content (AvgIpc) is 2.47. The lowest BCUT2D eigenvalue weighted by Gasteiger charge is -2.18. The molecule has 1 N–H and O–H groups in total. The Kier molecular flexibility index (Phi) is 5.20. The van der Waals surface area contributed by atoms with Crippen LogP contribution in [0.3, 0.4) is 0 Å². The van der Waals surface area contributed by atoms with Crippen molar-refractivity contribution in [2.24, 2.45) is 0 Å². The smallest absolute Gasteiger partial charge is 0.163 e. The van der Waals surface area contributed by atoms with Crippen molar-refractivity contribution in [2.45, 2.75) is 19.4 Å². The summed E-state index contributed by atoms with van der Waals surface area (Å²) in [4.78, 5) is 0. The Morgan fingerprint density at radius 2 is 1.76 bits per heavy atom. The minimum absolute atomic E-state index is 0.292. The van der Waals surface area contributed by atoms with Gasteiger partial charge >= 0.3 is 0 Å². The molecule has 2 rings (SSSR count). The van der Waals surface area contributed by atoms with Crippen LogP contribution >= 0.6 is 23.2 Å². The van der Waals surface area contributed by atoms with Crippen molar-refractivity contribution in [2.75, 3.05) is 7.05 Å². The normalized spacial score (nSPS) is 12.5. The SMILES string of the molecule is CNC(Cc1ccc(Cl)c(Cl)c1)c1ccc(C)c(F)c1F. The molecule has 0 bridgehead atoms. The van der Waals surface area contributed by atoms with Crippen LogP contribution < -0.4 is 5.32 Å². The highest BCUT2D eigenvalue weighted by atomic mass is 35.5. The quantitative estimate of drug-likeness (QED) is 0.824. The number of aryl methyl sites for hydroxylation is 1. The van der Waals surface area contributed by atoms with Crippen molar-refractivity contribution in [3.63, 3.8) is 0 Å². The first kappa shape index (κ1) is 16.2. The Bertz CT molecular complexity index is 659. The number of hydrogen-bond acceptors (Lipinski definition) is 1. The maximum Gasteiger partial charge on any atom is 0.163 e. The predicted molar refractivity (Wildman–Crippen MR) is 83.1 cm³/mol. The molecule has 0 radical (unpaired) electrons. The van der Waals surface area contributed by atoms with E-state index in [0.717, 1.165) is 5.56 Å². The molecule has 0 saturated heterocycles. The van der Waals surface area contributed by atoms with E-state index in [-0.39, 0.29) is 6.04 Å². The van der Waals surface area contributed by atoms with Gasteiger partial charge in [-0.1, -0.05) is 41.4 Å². The number of halogens is 4. The second-order valence-electron chi connectivity index (χ2n) is 4.89. The highest BCUT2D eigenvalue weighted by Gasteiger charge is 2.19. The second-order valence-corrected chi connectivity index (χ2v) is 5.71. The third kappa shape index (κ3) is 3.54. The first-order chi connectivity index (χ1) is 9.93. The van der Waals surface area contributed by atoms with Crippen LogP contribution in [-0.2, 0) is 6.42 Å². The van der Waals surface area contributed by atoms with Crippen LogP contribution in [0.25, 0.3) is 0 Å². The standard InChI is InChI=1S/C16H15Cl2F2N/c1-9-3-5-11(16(20)15(9)19)14(21-2)8-10-4-6-12(17)13(18)7-10/h3-7,14,21H,8H2,1-2H3. The molecule has 1 nitrogen and oxygen atoms in total. The summed E-state index contributed by atoms with van der Waals surface area (Å²) in [6, 6.07) is 8.08. The fourth-order valence-corrected chi connectivity index (χ4v) is 2.52. The monoisotopic (exact) mass is 329 g/mol. The molecule has 0 fully saturated rings. The first-order valence-electron chi connectivity index (χ1n) is 6.49. The summed E-state index contributed by atoms with van der Waals surface area (Å²) in [7, 11) is 1.71. The second kappa shape index (κ2) is 6.73. The molecule has 2 aromatic carbocycles. The van der Waals surface area contributed by atoms with Crippen molar-refractivity contribution in [1.82, 2.24) is 5.32 Å². The Morgan fingerprint density at radius 3 is 2.38 bits per heavy atom. The van der Waals surface area contributed by atoms with Gasteiger partial charge in [0.1, 0.15) is 0 Å². The molecule has 21 heavy (non-hydrogen) atoms. The molecule has 1 atom stereocenters. The molecule has 0 aliphatic carbocycles. The van der Waals surface area contributed by atoms with Gasteiger partial charge in [-0.15, -0.1) is 0 Å². The summed E-state index contributed by atoms with van der Waals surface area (Å²) in [6.45, 7) is 1.54. The van der Waals surface area contributed by atoms with E-state index >= 15 is 0 Å². The lowest BCUT2D eigenvalue weighted by atomic mass is 9.97. The number of likely N-dealkylation sites (N-methyl/N-ethyl adjacent to an activating group) is 1. The molecule has 0 heterocycles. The van der Waals surface area contributed by atoms with Gasteiger partial charge in [-0.05, 0) is 43.7 Å². The average molecular weight is 330 g/mol. The van der Waals surface area contributed by atoms with Gasteiger partial charge in [0.25, 0.3) is 0 Å². The van der Waals surface area contributed by atoms with Gasteiger partial charge in [0, 0.05) is 11.6 Å². The van der Waals surface area contributed by atoms with Gasteiger partial charge in [-0.2, -0.15) is 0 Å². The van der Waals surface area contributed by atoms with Crippen molar-refractivity contribution < 1.29 is 8.78 Å². The Morgan fingerprint density at radius 1 is 1.05 bits per heavy atom. The molecular weight excluding hydrogens is 315 g/mol. The molecule has 0 saturated carbocycles. The molecule has 5 heteroatoms. The number of benzene rings is 2. The van der Waals surface area contributed by atoms with Gasteiger partial charge in [0.05, 0.1) is 10.0 Å². The molecule has 112 valence electrons. The van der Waals surface area contributed by atoms with Gasteiger partial charge in [-0.3, -0.25) is 0 Å². The highest BCUT2D eigenvalue weighted by Crippen LogP contribution is 2.27. The Balaban J connectivity index is 2.32. The van der Waals surface area contributed by atoms with Crippen LogP contribution in [0.15, 0.2) is 30.3 Å². The van der Waals surface area contributed by atoms with Crippen molar-refractivity contribution in [1.29, 1.82) is 0 Å². The van der Waals surface area contributed by atoms with E-state index in [1.807, 2.05) is 6.07 Å². The lowest BCUT2D eigenvalue weighted by Crippen LogP contribution is -2.20. The van der Waals surface area contributed by atoms with Crippen LogP contribution in [-0.4, -0.2) is 7.05 Å². The van der Waals surface area contributed by atoms with Gasteiger partial charge < -0.3 is 5.32 Å². The fraction of sp³-hybridized carbons (Fsp3) is 0.250. The number of hydrogen-bond donors (Lipinski definition) is 1. The summed E-state index contributed by atoms with van der Waals surface area (Å²) >= 11 is 11.9. The molecule has 0 aromatic heterocycles. The molecule has 0 aliphatic rings. The summed E-state index contributed by atoms with van der Waals surface area (Å²) < 4.78 is 27.8. The minimum Gasteiger partial charge on any atom is -0.313 e. The van der Waals surface area contributed by atoms with Crippen molar-refractivity contribution in [3.05, 3.63) is 68.7 Å². The third-order valence-electron chi connectivity index (χ3n) is 3.45. The molecular formula is C16H15Cl2F2N. The van der Waals surface area contributed by atoms with Gasteiger partial charge in [0.15, 0.2) is 11.6 Å². The molecule has 0 aliphatic heterocycles. The van der Waals surface area contributed by atoms with Crippen LogP contribution in [0.1, 0.15) is 22.7 Å². The molecule has 1 unspecified atom stereocenters. The van der Waals surface area contributed by atoms with Crippen LogP contribution in [0.4, 0.5) is 8.78 Å². The number of nitrogens with one attached hydrogen (secondary N) is 1. The summed E-state index contributed by atoms with van der Waals surface area (Å²) in [5, 5.41) is 3.92. The van der Waals surface area contributed by atoms with Gasteiger partial charge in [-0.25, -0.2) is 8.78 Å². The van der Waals surface area contributed by atoms with E-state index in [2.05, 4.69) is 5.32 Å². The maximum absolute atomic E-state index is 14.1. The van der Waals surface area contributed by atoms with Crippen LogP contribution in [0.5, 0.6) is 0 Å². The van der Waals surface area contributed by atoms with E-state index < -0.39 is 11.6 Å². The predicted octanol–water partition coefficient (Wildman–Crippen LogP) is 5.08. The molecule has 0 spiro atoms. The zero-order chi connectivity index (χ0) is 15.6. The van der Waals surface area contributed by atoms with Gasteiger partial charge in [0.2, 0.25) is 0 Å². The zero-order valence-electron chi connectivity index (χ0n) is 11.7. The molecule has 2 aromatic rings. The molecule has 0 amide bonds. The van der Waals surface area contributed by atoms with E-state index in [4.69, 9.17) is 23.2 Å². The first-order valence-corrected chi connectivity index (χ1v) is 7.25. The zero-order valence-corrected chi connectivity index (χ0v) is 13.2. The van der Waals surface area contributed by atoms with E-state index in [1.54, 1.807) is 31.3 Å². The Labute approximate surface area is 132 Å². The van der Waals surface area contributed by atoms with E-state index in [9.17, 15) is 8.78 Å².